The van der Waals surface area contributed by atoms with Crippen molar-refractivity contribution in [2.45, 2.75) is 48.0 Å². The van der Waals surface area contributed by atoms with Crippen LogP contribution in [0.2, 0.25) is 0 Å². The SMILES string of the molecule is CC.CC.CCC.S=c1[nH]c2ccccc2s1.S=c1[nH]c2ccccc2s1. The Labute approximate surface area is 181 Å². The maximum Gasteiger partial charge on any atom is 0.159 e. The molecule has 6 heteroatoms. The molecule has 4 aromatic rings. The molecule has 0 saturated carbocycles. The summed E-state index contributed by atoms with van der Waals surface area (Å²) in [5, 5.41) is 0. The third-order valence-electron chi connectivity index (χ3n) is 2.65. The Morgan fingerprint density at radius 3 is 1.26 bits per heavy atom. The quantitative estimate of drug-likeness (QED) is 0.268. The van der Waals surface area contributed by atoms with Crippen molar-refractivity contribution in [2.75, 3.05) is 0 Å². The van der Waals surface area contributed by atoms with Crippen LogP contribution < -0.4 is 0 Å². The number of benzene rings is 2. The van der Waals surface area contributed by atoms with Crippen LogP contribution in [0.3, 0.4) is 0 Å². The van der Waals surface area contributed by atoms with Crippen molar-refractivity contribution in [3.63, 3.8) is 0 Å². The van der Waals surface area contributed by atoms with E-state index in [4.69, 9.17) is 24.4 Å². The molecule has 0 aliphatic rings. The summed E-state index contributed by atoms with van der Waals surface area (Å²) in [6.07, 6.45) is 1.25. The summed E-state index contributed by atoms with van der Waals surface area (Å²) in [5.41, 5.74) is 2.27. The lowest BCUT2D eigenvalue weighted by Gasteiger charge is -1.81. The molecule has 0 aliphatic heterocycles. The molecule has 148 valence electrons. The molecule has 2 aromatic heterocycles. The van der Waals surface area contributed by atoms with E-state index in [-0.39, 0.29) is 0 Å². The van der Waals surface area contributed by atoms with E-state index in [1.165, 1.54) is 15.8 Å². The highest BCUT2D eigenvalue weighted by Gasteiger charge is 1.92. The first kappa shape index (κ1) is 25.7. The highest BCUT2D eigenvalue weighted by Crippen LogP contribution is 2.18. The minimum absolute atomic E-state index is 0.848. The lowest BCUT2D eigenvalue weighted by molar-refractivity contribution is 1.09. The zero-order valence-corrected chi connectivity index (χ0v) is 20.2. The number of thiazole rings is 2. The van der Waals surface area contributed by atoms with Crippen LogP contribution in [0.4, 0.5) is 0 Å². The number of nitrogens with one attached hydrogen (secondary N) is 2. The molecule has 0 aliphatic carbocycles. The fourth-order valence-corrected chi connectivity index (χ4v) is 4.02. The fraction of sp³-hybridized carbons (Fsp3) is 0.333. The Morgan fingerprint density at radius 1 is 0.667 bits per heavy atom. The van der Waals surface area contributed by atoms with Crippen molar-refractivity contribution in [3.05, 3.63) is 56.4 Å². The Kier molecular flexibility index (Phi) is 14.9. The molecule has 0 saturated heterocycles. The van der Waals surface area contributed by atoms with Crippen LogP contribution in [-0.2, 0) is 0 Å². The molecule has 2 nitrogen and oxygen atoms in total. The molecule has 2 heterocycles. The Hall–Kier alpha value is -1.34. The number of para-hydroxylation sites is 2. The molecule has 0 amide bonds. The maximum atomic E-state index is 4.98. The average molecular weight is 439 g/mol. The predicted octanol–water partition coefficient (Wildman–Crippen LogP) is 9.39. The number of aromatic amines is 2. The summed E-state index contributed by atoms with van der Waals surface area (Å²) in [5.74, 6) is 0. The van der Waals surface area contributed by atoms with Crippen molar-refractivity contribution in [1.82, 2.24) is 9.97 Å². The highest BCUT2D eigenvalue weighted by molar-refractivity contribution is 7.74. The molecule has 0 unspecified atom stereocenters. The van der Waals surface area contributed by atoms with Crippen molar-refractivity contribution >= 4 is 67.5 Å². The molecule has 2 aromatic carbocycles. The molecule has 2 N–H and O–H groups in total. The van der Waals surface area contributed by atoms with Crippen molar-refractivity contribution in [3.8, 4) is 0 Å². The first-order valence-corrected chi connectivity index (χ1v) is 11.7. The van der Waals surface area contributed by atoms with Gasteiger partial charge in [-0.2, -0.15) is 0 Å². The van der Waals surface area contributed by atoms with Gasteiger partial charge in [-0.1, -0.05) is 72.2 Å². The zero-order chi connectivity index (χ0) is 20.7. The monoisotopic (exact) mass is 438 g/mol. The molecule has 4 rings (SSSR count). The third-order valence-corrected chi connectivity index (χ3v) is 5.08. The Bertz CT molecular complexity index is 824. The highest BCUT2D eigenvalue weighted by atomic mass is 32.2. The molecular formula is C21H30N2S4. The van der Waals surface area contributed by atoms with Gasteiger partial charge in [-0.3, -0.25) is 0 Å². The predicted molar refractivity (Wildman–Crippen MR) is 133 cm³/mol. The van der Waals surface area contributed by atoms with Crippen LogP contribution in [-0.4, -0.2) is 9.97 Å². The summed E-state index contributed by atoms with van der Waals surface area (Å²) in [4.78, 5) is 6.18. The molecular weight excluding hydrogens is 409 g/mol. The lowest BCUT2D eigenvalue weighted by atomic mass is 10.3. The van der Waals surface area contributed by atoms with Gasteiger partial charge in [0.2, 0.25) is 0 Å². The Balaban J connectivity index is 0.000000379. The van der Waals surface area contributed by atoms with Crippen molar-refractivity contribution in [1.29, 1.82) is 0 Å². The average Bonchev–Trinajstić information content (AvgIpc) is 3.26. The maximum absolute atomic E-state index is 4.98. The minimum atomic E-state index is 0.848. The van der Waals surface area contributed by atoms with E-state index in [9.17, 15) is 0 Å². The summed E-state index contributed by atoms with van der Waals surface area (Å²) >= 11 is 13.2. The number of hydrogen-bond donors (Lipinski definition) is 2. The van der Waals surface area contributed by atoms with E-state index in [1.54, 1.807) is 22.7 Å². The van der Waals surface area contributed by atoms with Crippen LogP contribution >= 0.6 is 47.1 Å². The van der Waals surface area contributed by atoms with Gasteiger partial charge >= 0.3 is 0 Å². The first-order chi connectivity index (χ1) is 13.1. The van der Waals surface area contributed by atoms with Crippen LogP contribution in [0.25, 0.3) is 20.4 Å². The number of aromatic nitrogens is 2. The summed E-state index contributed by atoms with van der Waals surface area (Å²) in [6, 6.07) is 16.2. The van der Waals surface area contributed by atoms with E-state index < -0.39 is 0 Å². The van der Waals surface area contributed by atoms with Crippen LogP contribution in [0.5, 0.6) is 0 Å². The van der Waals surface area contributed by atoms with Crippen LogP contribution in [0.1, 0.15) is 48.0 Å². The molecule has 0 bridgehead atoms. The summed E-state index contributed by atoms with van der Waals surface area (Å²) in [6.45, 7) is 12.2. The second kappa shape index (κ2) is 15.7. The normalized spacial score (nSPS) is 8.81. The number of H-pyrrole nitrogens is 2. The van der Waals surface area contributed by atoms with E-state index in [0.717, 1.165) is 18.9 Å². The van der Waals surface area contributed by atoms with Crippen LogP contribution in [0.15, 0.2) is 48.5 Å². The summed E-state index contributed by atoms with van der Waals surface area (Å²) in [7, 11) is 0. The van der Waals surface area contributed by atoms with E-state index in [1.807, 2.05) is 64.1 Å². The van der Waals surface area contributed by atoms with Gasteiger partial charge in [0.05, 0.1) is 20.4 Å². The molecule has 27 heavy (non-hydrogen) atoms. The molecule has 0 radical (unpaired) electrons. The first-order valence-electron chi connectivity index (χ1n) is 9.29. The third kappa shape index (κ3) is 9.42. The van der Waals surface area contributed by atoms with Gasteiger partial charge in [0, 0.05) is 0 Å². The van der Waals surface area contributed by atoms with E-state index in [0.29, 0.717) is 0 Å². The largest absolute Gasteiger partial charge is 0.337 e. The topological polar surface area (TPSA) is 31.6 Å². The van der Waals surface area contributed by atoms with Gasteiger partial charge in [0.15, 0.2) is 7.91 Å². The van der Waals surface area contributed by atoms with Crippen LogP contribution in [0, 0.1) is 7.91 Å². The fourth-order valence-electron chi connectivity index (χ4n) is 1.79. The second-order valence-corrected chi connectivity index (χ2v) is 8.17. The van der Waals surface area contributed by atoms with Crippen molar-refractivity contribution in [2.24, 2.45) is 0 Å². The number of hydrogen-bond acceptors (Lipinski definition) is 4. The number of fused-ring (bicyclic) bond motifs is 2. The summed E-state index contributed by atoms with van der Waals surface area (Å²) < 4.78 is 4.16. The van der Waals surface area contributed by atoms with Gasteiger partial charge in [-0.25, -0.2) is 0 Å². The van der Waals surface area contributed by atoms with Gasteiger partial charge in [0.25, 0.3) is 0 Å². The van der Waals surface area contributed by atoms with Gasteiger partial charge in [0.1, 0.15) is 0 Å². The van der Waals surface area contributed by atoms with Crippen molar-refractivity contribution < 1.29 is 0 Å². The second-order valence-electron chi connectivity index (χ2n) is 4.73. The number of rotatable bonds is 0. The Morgan fingerprint density at radius 2 is 0.963 bits per heavy atom. The van der Waals surface area contributed by atoms with E-state index in [2.05, 4.69) is 35.9 Å². The molecule has 0 atom stereocenters. The molecule has 0 fully saturated rings. The van der Waals surface area contributed by atoms with Gasteiger partial charge in [-0.15, -0.1) is 22.7 Å². The zero-order valence-electron chi connectivity index (χ0n) is 17.0. The minimum Gasteiger partial charge on any atom is -0.337 e. The standard InChI is InChI=1S/2C7H5NS2.C3H8.2C2H6/c2*9-7-8-5-3-1-2-4-6(5)10-7;1-3-2;2*1-2/h2*1-4H,(H,8,9);3H2,1-2H3;2*1-2H3. The van der Waals surface area contributed by atoms with Gasteiger partial charge in [-0.05, 0) is 48.7 Å². The molecule has 0 spiro atoms. The smallest absolute Gasteiger partial charge is 0.159 e. The lowest BCUT2D eigenvalue weighted by Crippen LogP contribution is -1.62. The van der Waals surface area contributed by atoms with E-state index >= 15 is 0 Å². The van der Waals surface area contributed by atoms with Gasteiger partial charge < -0.3 is 9.97 Å².